The Hall–Kier alpha value is -3.07. The highest BCUT2D eigenvalue weighted by atomic mass is 35.5. The highest BCUT2D eigenvalue weighted by molar-refractivity contribution is 6.42. The van der Waals surface area contributed by atoms with Crippen molar-refractivity contribution in [3.8, 4) is 5.69 Å². The van der Waals surface area contributed by atoms with Crippen molar-refractivity contribution in [1.29, 1.82) is 0 Å². The lowest BCUT2D eigenvalue weighted by Gasteiger charge is -2.20. The van der Waals surface area contributed by atoms with Crippen molar-refractivity contribution in [1.82, 2.24) is 19.4 Å². The number of hydrogen-bond acceptors (Lipinski definition) is 6. The summed E-state index contributed by atoms with van der Waals surface area (Å²) in [6.45, 7) is 0. The van der Waals surface area contributed by atoms with Crippen LogP contribution in [0.3, 0.4) is 0 Å². The summed E-state index contributed by atoms with van der Waals surface area (Å²) >= 11 is 5.92. The van der Waals surface area contributed by atoms with E-state index in [2.05, 4.69) is 10.2 Å². The van der Waals surface area contributed by atoms with Crippen LogP contribution in [-0.4, -0.2) is 44.3 Å². The quantitative estimate of drug-likeness (QED) is 0.682. The molecule has 3 rings (SSSR count). The molecule has 0 bridgehead atoms. The van der Waals surface area contributed by atoms with Gasteiger partial charge >= 0.3 is 11.6 Å². The fraction of sp³-hybridized carbons (Fsp3) is 0.200. The minimum absolute atomic E-state index is 0.227. The molecule has 10 heteroatoms. The van der Waals surface area contributed by atoms with Gasteiger partial charge in [0.15, 0.2) is 0 Å². The first kappa shape index (κ1) is 16.8. The van der Waals surface area contributed by atoms with E-state index in [-0.39, 0.29) is 11.4 Å². The Morgan fingerprint density at radius 2 is 1.84 bits per heavy atom. The summed E-state index contributed by atoms with van der Waals surface area (Å²) in [5, 5.41) is 8.84. The second-order valence-electron chi connectivity index (χ2n) is 5.35. The van der Waals surface area contributed by atoms with E-state index in [1.165, 1.54) is 26.2 Å². The van der Waals surface area contributed by atoms with Gasteiger partial charge in [-0.25, -0.2) is 19.1 Å². The Bertz CT molecular complexity index is 1040. The maximum atomic E-state index is 12.8. The highest BCUT2D eigenvalue weighted by Gasteiger charge is 2.35. The van der Waals surface area contributed by atoms with E-state index in [0.29, 0.717) is 5.02 Å². The zero-order valence-corrected chi connectivity index (χ0v) is 14.0. The molecule has 0 aliphatic carbocycles. The molecule has 2 heterocycles. The molecule has 128 valence electrons. The summed E-state index contributed by atoms with van der Waals surface area (Å²) < 4.78 is 1.76. The van der Waals surface area contributed by atoms with Crippen molar-refractivity contribution in [2.45, 2.75) is 5.92 Å². The van der Waals surface area contributed by atoms with Crippen LogP contribution in [0, 0.1) is 0 Å². The molecule has 1 aromatic heterocycles. The van der Waals surface area contributed by atoms with Crippen molar-refractivity contribution < 1.29 is 9.59 Å². The highest BCUT2D eigenvalue weighted by Crippen LogP contribution is 2.16. The first-order valence-corrected chi connectivity index (χ1v) is 7.51. The van der Waals surface area contributed by atoms with E-state index in [4.69, 9.17) is 11.6 Å². The number of hydrogen-bond donors (Lipinski definition) is 0. The molecule has 1 aliphatic heterocycles. The Balaban J connectivity index is 2.26. The first-order chi connectivity index (χ1) is 11.8. The van der Waals surface area contributed by atoms with E-state index in [1.54, 1.807) is 12.1 Å². The predicted molar refractivity (Wildman–Crippen MR) is 89.1 cm³/mol. The second-order valence-corrected chi connectivity index (χ2v) is 5.78. The van der Waals surface area contributed by atoms with Crippen molar-refractivity contribution in [3.05, 3.63) is 55.8 Å². The summed E-state index contributed by atoms with van der Waals surface area (Å²) in [6, 6.07) is 6.13. The average molecular weight is 362 g/mol. The molecule has 0 radical (unpaired) electrons. The molecular weight excluding hydrogens is 350 g/mol. The van der Waals surface area contributed by atoms with Gasteiger partial charge in [-0.3, -0.25) is 14.4 Å². The molecule has 25 heavy (non-hydrogen) atoms. The van der Waals surface area contributed by atoms with Crippen LogP contribution < -0.4 is 11.2 Å². The third-order valence-electron chi connectivity index (χ3n) is 3.69. The molecule has 1 aromatic carbocycles. The molecular formula is C15H12ClN5O4. The van der Waals surface area contributed by atoms with Gasteiger partial charge in [0.2, 0.25) is 5.78 Å². The molecule has 1 atom stereocenters. The van der Waals surface area contributed by atoms with Gasteiger partial charge in [0.05, 0.1) is 5.69 Å². The summed E-state index contributed by atoms with van der Waals surface area (Å²) in [6.07, 6.45) is 1.15. The summed E-state index contributed by atoms with van der Waals surface area (Å²) in [5.74, 6) is -2.97. The zero-order chi connectivity index (χ0) is 18.3. The van der Waals surface area contributed by atoms with Crippen molar-refractivity contribution in [3.63, 3.8) is 0 Å². The lowest BCUT2D eigenvalue weighted by molar-refractivity contribution is -0.144. The molecule has 0 fully saturated rings. The largest absolute Gasteiger partial charge is 0.351 e. The molecule has 1 amide bonds. The second kappa shape index (κ2) is 6.10. The van der Waals surface area contributed by atoms with Gasteiger partial charge in [0.1, 0.15) is 11.6 Å². The van der Waals surface area contributed by atoms with E-state index < -0.39 is 28.9 Å². The third kappa shape index (κ3) is 2.78. The Morgan fingerprint density at radius 1 is 1.12 bits per heavy atom. The van der Waals surface area contributed by atoms with Crippen LogP contribution in [0.1, 0.15) is 11.6 Å². The van der Waals surface area contributed by atoms with Crippen molar-refractivity contribution in [2.75, 3.05) is 7.05 Å². The Morgan fingerprint density at radius 3 is 2.52 bits per heavy atom. The summed E-state index contributed by atoms with van der Waals surface area (Å²) in [7, 11) is 2.66. The molecule has 1 unspecified atom stereocenters. The molecule has 0 saturated carbocycles. The number of aromatic nitrogens is 3. The van der Waals surface area contributed by atoms with Gasteiger partial charge < -0.3 is 0 Å². The van der Waals surface area contributed by atoms with Gasteiger partial charge in [0.25, 0.3) is 5.56 Å². The normalized spacial score (nSPS) is 17.2. The average Bonchev–Trinajstić information content (AvgIpc) is 2.57. The summed E-state index contributed by atoms with van der Waals surface area (Å²) in [4.78, 5) is 49.2. The molecule has 0 saturated heterocycles. The topological polar surface area (TPSA) is 107 Å². The third-order valence-corrected chi connectivity index (χ3v) is 3.92. The Kier molecular flexibility index (Phi) is 4.09. The van der Waals surface area contributed by atoms with Gasteiger partial charge in [-0.1, -0.05) is 17.7 Å². The fourth-order valence-corrected chi connectivity index (χ4v) is 2.59. The van der Waals surface area contributed by atoms with Gasteiger partial charge in [-0.15, -0.1) is 0 Å². The van der Waals surface area contributed by atoms with Crippen molar-refractivity contribution in [2.24, 2.45) is 12.1 Å². The van der Waals surface area contributed by atoms with Crippen LogP contribution in [0.5, 0.6) is 0 Å². The molecule has 0 spiro atoms. The van der Waals surface area contributed by atoms with E-state index in [0.717, 1.165) is 20.5 Å². The number of halogens is 1. The molecule has 0 N–H and O–H groups in total. The smallest absolute Gasteiger partial charge is 0.287 e. The lowest BCUT2D eigenvalue weighted by Crippen LogP contribution is -2.46. The number of hydrazone groups is 1. The Labute approximate surface area is 145 Å². The number of aryl methyl sites for hydroxylation is 1. The van der Waals surface area contributed by atoms with Gasteiger partial charge in [-0.2, -0.15) is 10.2 Å². The number of carbonyl (C=O) groups excluding carboxylic acids is 2. The zero-order valence-electron chi connectivity index (χ0n) is 13.2. The van der Waals surface area contributed by atoms with E-state index in [9.17, 15) is 19.2 Å². The van der Waals surface area contributed by atoms with Gasteiger partial charge in [0, 0.05) is 25.3 Å². The van der Waals surface area contributed by atoms with Crippen LogP contribution in [0.15, 0.2) is 39.0 Å². The van der Waals surface area contributed by atoms with Crippen LogP contribution in [0.4, 0.5) is 0 Å². The number of likely N-dealkylation sites (N-methyl/N-ethyl adjacent to an activating group) is 1. The predicted octanol–water partition coefficient (Wildman–Crippen LogP) is -0.305. The van der Waals surface area contributed by atoms with Crippen LogP contribution in [0.25, 0.3) is 5.69 Å². The standard InChI is InChI=1S/C15H12ClN5O4/c1-19-14(24)12(22)10(7-17-19)11-13(23)21(15(25)20(2)18-11)9-5-3-4-8(16)6-9/h3-7,10H,1-2H3. The summed E-state index contributed by atoms with van der Waals surface area (Å²) in [5.41, 5.74) is -1.56. The molecule has 2 aromatic rings. The monoisotopic (exact) mass is 361 g/mol. The number of nitrogens with zero attached hydrogens (tertiary/aromatic N) is 5. The first-order valence-electron chi connectivity index (χ1n) is 7.13. The number of amides is 1. The lowest BCUT2D eigenvalue weighted by atomic mass is 10.00. The maximum Gasteiger partial charge on any atom is 0.351 e. The van der Waals surface area contributed by atoms with E-state index in [1.807, 2.05) is 0 Å². The minimum Gasteiger partial charge on any atom is -0.287 e. The van der Waals surface area contributed by atoms with Crippen molar-refractivity contribution >= 4 is 29.5 Å². The number of benzene rings is 1. The number of rotatable bonds is 2. The van der Waals surface area contributed by atoms with Gasteiger partial charge in [-0.05, 0) is 18.2 Å². The molecule has 9 nitrogen and oxygen atoms in total. The van der Waals surface area contributed by atoms with E-state index >= 15 is 0 Å². The fourth-order valence-electron chi connectivity index (χ4n) is 2.41. The maximum absolute atomic E-state index is 12.8. The van der Waals surface area contributed by atoms with Crippen LogP contribution in [-0.2, 0) is 16.6 Å². The number of ketones is 1. The number of Topliss-reactive ketones (excluding diaryl/α,β-unsaturated/α-hetero) is 1. The van der Waals surface area contributed by atoms with Crippen LogP contribution in [0.2, 0.25) is 5.02 Å². The number of carbonyl (C=O) groups is 2. The molecule has 1 aliphatic rings. The minimum atomic E-state index is -1.26. The SMILES string of the molecule is CN1N=CC(c2nn(C)c(=O)n(-c3cccc(Cl)c3)c2=O)C(=O)C1=O. The van der Waals surface area contributed by atoms with Crippen LogP contribution >= 0.6 is 11.6 Å².